The van der Waals surface area contributed by atoms with Crippen molar-refractivity contribution >= 4 is 10.9 Å². The van der Waals surface area contributed by atoms with Gasteiger partial charge < -0.3 is 10.7 Å². The van der Waals surface area contributed by atoms with Crippen molar-refractivity contribution in [3.63, 3.8) is 0 Å². The predicted octanol–water partition coefficient (Wildman–Crippen LogP) is 2.69. The van der Waals surface area contributed by atoms with Gasteiger partial charge in [-0.2, -0.15) is 13.2 Å². The SMILES string of the molecule is NCCc1cc(C(F)(F)F)cc2[nH]ccc12. The molecule has 3 N–H and O–H groups in total. The first-order chi connectivity index (χ1) is 7.52. The van der Waals surface area contributed by atoms with Crippen molar-refractivity contribution in [1.82, 2.24) is 4.98 Å². The number of H-pyrrole nitrogens is 1. The Morgan fingerprint density at radius 1 is 1.25 bits per heavy atom. The molecule has 16 heavy (non-hydrogen) atoms. The fourth-order valence-electron chi connectivity index (χ4n) is 1.77. The number of aromatic nitrogens is 1. The highest BCUT2D eigenvalue weighted by Crippen LogP contribution is 2.33. The lowest BCUT2D eigenvalue weighted by Crippen LogP contribution is -2.08. The summed E-state index contributed by atoms with van der Waals surface area (Å²) in [5, 5.41) is 0.804. The van der Waals surface area contributed by atoms with Crippen LogP contribution in [0.5, 0.6) is 0 Å². The zero-order chi connectivity index (χ0) is 11.8. The Balaban J connectivity index is 2.61. The van der Waals surface area contributed by atoms with Gasteiger partial charge in [-0.15, -0.1) is 0 Å². The molecule has 0 radical (unpaired) electrons. The van der Waals surface area contributed by atoms with Gasteiger partial charge in [0.1, 0.15) is 0 Å². The second-order valence-corrected chi connectivity index (χ2v) is 3.61. The second kappa shape index (κ2) is 3.83. The zero-order valence-electron chi connectivity index (χ0n) is 8.43. The Labute approximate surface area is 90.3 Å². The largest absolute Gasteiger partial charge is 0.416 e. The van der Waals surface area contributed by atoms with E-state index in [0.29, 0.717) is 24.0 Å². The standard InChI is InChI=1S/C11H11F3N2/c12-11(13,14)8-5-7(1-3-15)9-2-4-16-10(9)6-8/h2,4-6,16H,1,3,15H2. The van der Waals surface area contributed by atoms with Crippen LogP contribution in [0.2, 0.25) is 0 Å². The molecule has 0 amide bonds. The van der Waals surface area contributed by atoms with Gasteiger partial charge in [0.05, 0.1) is 5.56 Å². The van der Waals surface area contributed by atoms with Gasteiger partial charge in [0.25, 0.3) is 0 Å². The molecule has 1 aromatic carbocycles. The van der Waals surface area contributed by atoms with Crippen molar-refractivity contribution in [1.29, 1.82) is 0 Å². The van der Waals surface area contributed by atoms with E-state index in [1.807, 2.05) is 0 Å². The fraction of sp³-hybridized carbons (Fsp3) is 0.273. The summed E-state index contributed by atoms with van der Waals surface area (Å²) >= 11 is 0. The van der Waals surface area contributed by atoms with Crippen LogP contribution in [0.25, 0.3) is 10.9 Å². The summed E-state index contributed by atoms with van der Waals surface area (Å²) in [6.45, 7) is 0.335. The molecule has 0 aliphatic heterocycles. The van der Waals surface area contributed by atoms with Crippen LogP contribution in [0, 0.1) is 0 Å². The van der Waals surface area contributed by atoms with Gasteiger partial charge in [-0.25, -0.2) is 0 Å². The molecule has 1 aromatic heterocycles. The maximum absolute atomic E-state index is 12.6. The number of benzene rings is 1. The number of hydrogen-bond acceptors (Lipinski definition) is 1. The first-order valence-electron chi connectivity index (χ1n) is 4.89. The Hall–Kier alpha value is -1.49. The van der Waals surface area contributed by atoms with Crippen molar-refractivity contribution in [3.05, 3.63) is 35.5 Å². The molecule has 0 saturated carbocycles. The molecule has 0 unspecified atom stereocenters. The summed E-state index contributed by atoms with van der Waals surface area (Å²) in [6.07, 6.45) is -2.24. The smallest absolute Gasteiger partial charge is 0.361 e. The highest BCUT2D eigenvalue weighted by atomic mass is 19.4. The molecule has 2 aromatic rings. The summed E-state index contributed by atoms with van der Waals surface area (Å²) in [7, 11) is 0. The average Bonchev–Trinajstić information content (AvgIpc) is 2.64. The summed E-state index contributed by atoms with van der Waals surface area (Å²) in [6, 6.07) is 4.05. The molecule has 0 aliphatic carbocycles. The summed E-state index contributed by atoms with van der Waals surface area (Å²) in [5.41, 5.74) is 5.89. The van der Waals surface area contributed by atoms with Crippen molar-refractivity contribution in [3.8, 4) is 0 Å². The third-order valence-electron chi connectivity index (χ3n) is 2.50. The maximum atomic E-state index is 12.6. The summed E-state index contributed by atoms with van der Waals surface area (Å²) < 4.78 is 37.8. The molecular formula is C11H11F3N2. The Morgan fingerprint density at radius 3 is 2.62 bits per heavy atom. The van der Waals surface area contributed by atoms with E-state index in [0.717, 1.165) is 11.5 Å². The van der Waals surface area contributed by atoms with Crippen LogP contribution in [-0.4, -0.2) is 11.5 Å². The van der Waals surface area contributed by atoms with Crippen LogP contribution in [0.4, 0.5) is 13.2 Å². The number of hydrogen-bond donors (Lipinski definition) is 2. The van der Waals surface area contributed by atoms with Gasteiger partial charge in [-0.3, -0.25) is 0 Å². The molecule has 2 rings (SSSR count). The number of alkyl halides is 3. The second-order valence-electron chi connectivity index (χ2n) is 3.61. The minimum absolute atomic E-state index is 0.335. The molecule has 5 heteroatoms. The lowest BCUT2D eigenvalue weighted by molar-refractivity contribution is -0.137. The normalized spacial score (nSPS) is 12.2. The van der Waals surface area contributed by atoms with Crippen molar-refractivity contribution < 1.29 is 13.2 Å². The monoisotopic (exact) mass is 228 g/mol. The lowest BCUT2D eigenvalue weighted by atomic mass is 10.0. The molecule has 0 saturated heterocycles. The van der Waals surface area contributed by atoms with Crippen molar-refractivity contribution in [2.45, 2.75) is 12.6 Å². The van der Waals surface area contributed by atoms with E-state index in [1.165, 1.54) is 6.07 Å². The van der Waals surface area contributed by atoms with E-state index in [4.69, 9.17) is 5.73 Å². The molecule has 2 nitrogen and oxygen atoms in total. The number of nitrogens with two attached hydrogens (primary N) is 1. The van der Waals surface area contributed by atoms with Crippen LogP contribution in [0.3, 0.4) is 0 Å². The van der Waals surface area contributed by atoms with Gasteiger partial charge in [0, 0.05) is 17.1 Å². The fourth-order valence-corrected chi connectivity index (χ4v) is 1.77. The topological polar surface area (TPSA) is 41.8 Å². The molecule has 0 fully saturated rings. The van der Waals surface area contributed by atoms with E-state index in [9.17, 15) is 13.2 Å². The highest BCUT2D eigenvalue weighted by molar-refractivity contribution is 5.84. The van der Waals surface area contributed by atoms with E-state index in [-0.39, 0.29) is 0 Å². The third kappa shape index (κ3) is 1.90. The first-order valence-corrected chi connectivity index (χ1v) is 4.89. The third-order valence-corrected chi connectivity index (χ3v) is 2.50. The quantitative estimate of drug-likeness (QED) is 0.815. The summed E-state index contributed by atoms with van der Waals surface area (Å²) in [5.74, 6) is 0. The van der Waals surface area contributed by atoms with Crippen LogP contribution in [-0.2, 0) is 12.6 Å². The Kier molecular flexibility index (Phi) is 2.63. The van der Waals surface area contributed by atoms with Crippen LogP contribution >= 0.6 is 0 Å². The Bertz CT molecular complexity index is 499. The van der Waals surface area contributed by atoms with Crippen molar-refractivity contribution in [2.24, 2.45) is 5.73 Å². The number of fused-ring (bicyclic) bond motifs is 1. The molecule has 0 atom stereocenters. The number of aromatic amines is 1. The first kappa shape index (κ1) is 11.0. The van der Waals surface area contributed by atoms with Crippen LogP contribution in [0.1, 0.15) is 11.1 Å². The zero-order valence-corrected chi connectivity index (χ0v) is 8.43. The average molecular weight is 228 g/mol. The molecule has 0 aliphatic rings. The Morgan fingerprint density at radius 2 is 2.00 bits per heavy atom. The van der Waals surface area contributed by atoms with Crippen LogP contribution < -0.4 is 5.73 Å². The van der Waals surface area contributed by atoms with E-state index < -0.39 is 11.7 Å². The van der Waals surface area contributed by atoms with E-state index >= 15 is 0 Å². The molecular weight excluding hydrogens is 217 g/mol. The lowest BCUT2D eigenvalue weighted by Gasteiger charge is -2.10. The number of rotatable bonds is 2. The molecule has 0 bridgehead atoms. The van der Waals surface area contributed by atoms with Gasteiger partial charge in [0.15, 0.2) is 0 Å². The van der Waals surface area contributed by atoms with E-state index in [1.54, 1.807) is 12.3 Å². The predicted molar refractivity (Wildman–Crippen MR) is 56.1 cm³/mol. The molecule has 86 valence electrons. The summed E-state index contributed by atoms with van der Waals surface area (Å²) in [4.78, 5) is 2.79. The molecule has 0 spiro atoms. The highest BCUT2D eigenvalue weighted by Gasteiger charge is 2.31. The minimum atomic E-state index is -4.32. The van der Waals surface area contributed by atoms with Gasteiger partial charge in [-0.1, -0.05) is 0 Å². The van der Waals surface area contributed by atoms with Crippen molar-refractivity contribution in [2.75, 3.05) is 6.54 Å². The molecule has 1 heterocycles. The number of halogens is 3. The van der Waals surface area contributed by atoms with Crippen LogP contribution in [0.15, 0.2) is 24.4 Å². The number of nitrogens with one attached hydrogen (secondary N) is 1. The van der Waals surface area contributed by atoms with Gasteiger partial charge >= 0.3 is 6.18 Å². The minimum Gasteiger partial charge on any atom is -0.361 e. The van der Waals surface area contributed by atoms with E-state index in [2.05, 4.69) is 4.98 Å². The van der Waals surface area contributed by atoms with Gasteiger partial charge in [0.2, 0.25) is 0 Å². The van der Waals surface area contributed by atoms with Gasteiger partial charge in [-0.05, 0) is 36.7 Å². The maximum Gasteiger partial charge on any atom is 0.416 e.